The van der Waals surface area contributed by atoms with Crippen molar-refractivity contribution in [2.45, 2.75) is 13.0 Å². The third kappa shape index (κ3) is 2.12. The van der Waals surface area contributed by atoms with Gasteiger partial charge in [0.05, 0.1) is 0 Å². The number of hydrogen-bond acceptors (Lipinski definition) is 4. The molecule has 0 spiro atoms. The molecule has 1 aliphatic heterocycles. The van der Waals surface area contributed by atoms with Gasteiger partial charge in [-0.15, -0.1) is 0 Å². The molecule has 1 aromatic carbocycles. The number of fused-ring (bicyclic) bond motifs is 1. The minimum absolute atomic E-state index is 0.254. The molecule has 0 fully saturated rings. The van der Waals surface area contributed by atoms with Crippen LogP contribution in [0.3, 0.4) is 0 Å². The fourth-order valence-corrected chi connectivity index (χ4v) is 1.26. The Labute approximate surface area is 92.9 Å². The van der Waals surface area contributed by atoms with Crippen LogP contribution in [0.1, 0.15) is 6.92 Å². The largest absolute Gasteiger partial charge is 0.483 e. The maximum absolute atomic E-state index is 5.50. The van der Waals surface area contributed by atoms with Crippen LogP contribution in [0.4, 0.5) is 0 Å². The quantitative estimate of drug-likeness (QED) is 0.789. The van der Waals surface area contributed by atoms with Gasteiger partial charge in [-0.25, -0.2) is 0 Å². The maximum Gasteiger partial charge on any atom is 0.231 e. The molecule has 15 heavy (non-hydrogen) atoms. The lowest BCUT2D eigenvalue weighted by molar-refractivity contribution is 0.173. The summed E-state index contributed by atoms with van der Waals surface area (Å²) in [6.45, 7) is 2.05. The lowest BCUT2D eigenvalue weighted by atomic mass is 10.3. The Morgan fingerprint density at radius 1 is 1.47 bits per heavy atom. The lowest BCUT2D eigenvalue weighted by Crippen LogP contribution is -2.28. The molecule has 0 radical (unpaired) electrons. The summed E-state index contributed by atoms with van der Waals surface area (Å²) in [5, 5.41) is 0. The molecule has 0 saturated carbocycles. The average Bonchev–Trinajstić information content (AvgIpc) is 2.64. The topological polar surface area (TPSA) is 53.7 Å². The highest BCUT2D eigenvalue weighted by molar-refractivity contribution is 7.80. The normalized spacial score (nSPS) is 14.7. The summed E-state index contributed by atoms with van der Waals surface area (Å²) >= 11 is 4.81. The van der Waals surface area contributed by atoms with Gasteiger partial charge >= 0.3 is 0 Å². The van der Waals surface area contributed by atoms with Crippen molar-refractivity contribution in [1.82, 2.24) is 0 Å². The third-order valence-electron chi connectivity index (χ3n) is 2.06. The summed E-state index contributed by atoms with van der Waals surface area (Å²) in [5.41, 5.74) is 5.45. The van der Waals surface area contributed by atoms with E-state index in [0.29, 0.717) is 16.5 Å². The van der Waals surface area contributed by atoms with Crippen LogP contribution < -0.4 is 19.9 Å². The molecule has 2 N–H and O–H groups in total. The molecule has 0 aliphatic carbocycles. The van der Waals surface area contributed by atoms with Crippen LogP contribution in [-0.2, 0) is 0 Å². The zero-order chi connectivity index (χ0) is 10.8. The van der Waals surface area contributed by atoms with Crippen LogP contribution in [0.5, 0.6) is 17.2 Å². The Balaban J connectivity index is 2.13. The van der Waals surface area contributed by atoms with E-state index in [9.17, 15) is 0 Å². The SMILES string of the molecule is CC(Oc1ccc2c(c1)OCO2)C(N)=S. The van der Waals surface area contributed by atoms with Crippen LogP contribution >= 0.6 is 12.2 Å². The molecular formula is C10H11NO3S. The van der Waals surface area contributed by atoms with Crippen molar-refractivity contribution in [1.29, 1.82) is 0 Å². The summed E-state index contributed by atoms with van der Waals surface area (Å²) in [6, 6.07) is 5.35. The van der Waals surface area contributed by atoms with Gasteiger partial charge in [0, 0.05) is 6.07 Å². The lowest BCUT2D eigenvalue weighted by Gasteiger charge is -2.13. The maximum atomic E-state index is 5.50. The van der Waals surface area contributed by atoms with E-state index >= 15 is 0 Å². The molecule has 4 nitrogen and oxygen atoms in total. The van der Waals surface area contributed by atoms with E-state index in [2.05, 4.69) is 0 Å². The number of ether oxygens (including phenoxy) is 3. The van der Waals surface area contributed by atoms with Gasteiger partial charge in [-0.3, -0.25) is 0 Å². The zero-order valence-corrected chi connectivity index (χ0v) is 9.04. The second-order valence-electron chi connectivity index (χ2n) is 3.18. The Hall–Kier alpha value is -1.49. The highest BCUT2D eigenvalue weighted by Crippen LogP contribution is 2.35. The first-order chi connectivity index (χ1) is 7.16. The van der Waals surface area contributed by atoms with Crippen LogP contribution in [0.15, 0.2) is 18.2 Å². The predicted molar refractivity (Wildman–Crippen MR) is 59.4 cm³/mol. The molecule has 1 heterocycles. The van der Waals surface area contributed by atoms with E-state index < -0.39 is 0 Å². The molecular weight excluding hydrogens is 214 g/mol. The van der Waals surface area contributed by atoms with Crippen LogP contribution in [0.2, 0.25) is 0 Å². The van der Waals surface area contributed by atoms with E-state index in [1.807, 2.05) is 0 Å². The van der Waals surface area contributed by atoms with E-state index in [-0.39, 0.29) is 12.9 Å². The van der Waals surface area contributed by atoms with Crippen molar-refractivity contribution >= 4 is 17.2 Å². The van der Waals surface area contributed by atoms with Crippen molar-refractivity contribution in [2.24, 2.45) is 5.73 Å². The van der Waals surface area contributed by atoms with Gasteiger partial charge < -0.3 is 19.9 Å². The number of thiocarbonyl (C=S) groups is 1. The standard InChI is InChI=1S/C10H11NO3S/c1-6(10(11)15)14-7-2-3-8-9(4-7)13-5-12-8/h2-4,6H,5H2,1H3,(H2,11,15). The van der Waals surface area contributed by atoms with Crippen molar-refractivity contribution in [3.8, 4) is 17.2 Å². The molecule has 0 saturated heterocycles. The molecule has 0 aromatic heterocycles. The second kappa shape index (κ2) is 3.94. The smallest absolute Gasteiger partial charge is 0.231 e. The first kappa shape index (κ1) is 10.0. The zero-order valence-electron chi connectivity index (χ0n) is 8.23. The molecule has 5 heteroatoms. The molecule has 0 bridgehead atoms. The summed E-state index contributed by atoms with van der Waals surface area (Å²) < 4.78 is 15.9. The summed E-state index contributed by atoms with van der Waals surface area (Å²) in [5.74, 6) is 2.08. The Bertz CT molecular complexity index is 394. The van der Waals surface area contributed by atoms with Crippen LogP contribution in [-0.4, -0.2) is 17.9 Å². The highest BCUT2D eigenvalue weighted by atomic mass is 32.1. The second-order valence-corrected chi connectivity index (χ2v) is 3.65. The van der Waals surface area contributed by atoms with Gasteiger partial charge in [0.2, 0.25) is 6.79 Å². The fourth-order valence-electron chi connectivity index (χ4n) is 1.21. The van der Waals surface area contributed by atoms with Gasteiger partial charge in [0.1, 0.15) is 16.8 Å². The number of nitrogens with two attached hydrogens (primary N) is 1. The summed E-state index contributed by atoms with van der Waals surface area (Å²) in [4.78, 5) is 0.327. The number of benzene rings is 1. The molecule has 2 rings (SSSR count). The van der Waals surface area contributed by atoms with Crippen molar-refractivity contribution < 1.29 is 14.2 Å². The Morgan fingerprint density at radius 2 is 2.20 bits per heavy atom. The minimum Gasteiger partial charge on any atom is -0.483 e. The third-order valence-corrected chi connectivity index (χ3v) is 2.39. The fraction of sp³-hybridized carbons (Fsp3) is 0.300. The Morgan fingerprint density at radius 3 is 2.93 bits per heavy atom. The summed E-state index contributed by atoms with van der Waals surface area (Å²) in [6.07, 6.45) is -0.291. The van der Waals surface area contributed by atoms with Crippen molar-refractivity contribution in [3.05, 3.63) is 18.2 Å². The first-order valence-corrected chi connectivity index (χ1v) is 4.93. The average molecular weight is 225 g/mol. The minimum atomic E-state index is -0.291. The van der Waals surface area contributed by atoms with E-state index in [0.717, 1.165) is 5.75 Å². The van der Waals surface area contributed by atoms with Gasteiger partial charge in [-0.1, -0.05) is 12.2 Å². The Kier molecular flexibility index (Phi) is 2.64. The number of hydrogen-bond donors (Lipinski definition) is 1. The molecule has 1 atom stereocenters. The van der Waals surface area contributed by atoms with Crippen LogP contribution in [0, 0.1) is 0 Å². The van der Waals surface area contributed by atoms with Gasteiger partial charge in [0.25, 0.3) is 0 Å². The highest BCUT2D eigenvalue weighted by Gasteiger charge is 2.15. The molecule has 1 aliphatic rings. The van der Waals surface area contributed by atoms with Gasteiger partial charge in [0.15, 0.2) is 11.5 Å². The summed E-state index contributed by atoms with van der Waals surface area (Å²) in [7, 11) is 0. The van der Waals surface area contributed by atoms with Crippen molar-refractivity contribution in [2.75, 3.05) is 6.79 Å². The molecule has 1 aromatic rings. The molecule has 1 unspecified atom stereocenters. The van der Waals surface area contributed by atoms with Gasteiger partial charge in [-0.2, -0.15) is 0 Å². The van der Waals surface area contributed by atoms with Gasteiger partial charge in [-0.05, 0) is 19.1 Å². The van der Waals surface area contributed by atoms with E-state index in [1.54, 1.807) is 25.1 Å². The number of rotatable bonds is 3. The first-order valence-electron chi connectivity index (χ1n) is 4.52. The predicted octanol–water partition coefficient (Wildman–Crippen LogP) is 1.47. The van der Waals surface area contributed by atoms with E-state index in [4.69, 9.17) is 32.2 Å². The molecule has 0 amide bonds. The molecule has 80 valence electrons. The van der Waals surface area contributed by atoms with Crippen molar-refractivity contribution in [3.63, 3.8) is 0 Å². The van der Waals surface area contributed by atoms with E-state index in [1.165, 1.54) is 0 Å². The monoisotopic (exact) mass is 225 g/mol. The van der Waals surface area contributed by atoms with Crippen LogP contribution in [0.25, 0.3) is 0 Å².